The van der Waals surface area contributed by atoms with E-state index in [9.17, 15) is 19.8 Å². The van der Waals surface area contributed by atoms with Gasteiger partial charge in [-0.2, -0.15) is 0 Å². The summed E-state index contributed by atoms with van der Waals surface area (Å²) in [5.41, 5.74) is 0. The van der Waals surface area contributed by atoms with E-state index in [2.05, 4.69) is 19.2 Å². The van der Waals surface area contributed by atoms with Crippen molar-refractivity contribution in [2.24, 2.45) is 0 Å². The van der Waals surface area contributed by atoms with Crippen LogP contribution in [-0.2, 0) is 14.3 Å². The van der Waals surface area contributed by atoms with Gasteiger partial charge in [-0.25, -0.2) is 0 Å². The Morgan fingerprint density at radius 1 is 0.415 bits per heavy atom. The number of carbonyl (C=O) groups excluding carboxylic acids is 2. The normalized spacial score (nSPS) is 12.6. The zero-order valence-electron chi connectivity index (χ0n) is 44.0. The van der Waals surface area contributed by atoms with E-state index in [1.165, 1.54) is 244 Å². The fraction of sp³-hybridized carbons (Fsp3) is 0.932. The summed E-state index contributed by atoms with van der Waals surface area (Å²) in [7, 11) is 0. The Hall–Kier alpha value is -1.40. The molecular weight excluding hydrogens is 803 g/mol. The number of hydrogen-bond acceptors (Lipinski definition) is 5. The van der Waals surface area contributed by atoms with Crippen molar-refractivity contribution in [3.05, 3.63) is 12.2 Å². The van der Waals surface area contributed by atoms with E-state index in [1.54, 1.807) is 6.08 Å². The van der Waals surface area contributed by atoms with Crippen molar-refractivity contribution in [3.8, 4) is 0 Å². The molecule has 65 heavy (non-hydrogen) atoms. The maximum Gasteiger partial charge on any atom is 0.305 e. The molecule has 6 heteroatoms. The summed E-state index contributed by atoms with van der Waals surface area (Å²) >= 11 is 0. The number of esters is 1. The minimum absolute atomic E-state index is 0.000752. The third-order valence-electron chi connectivity index (χ3n) is 13.8. The van der Waals surface area contributed by atoms with Gasteiger partial charge in [0.2, 0.25) is 5.91 Å². The van der Waals surface area contributed by atoms with E-state index >= 15 is 0 Å². The van der Waals surface area contributed by atoms with Gasteiger partial charge in [-0.1, -0.05) is 296 Å². The molecular formula is C59H115NO5. The summed E-state index contributed by atoms with van der Waals surface area (Å²) in [5, 5.41) is 23.1. The first-order valence-corrected chi connectivity index (χ1v) is 29.5. The molecule has 0 aliphatic carbocycles. The van der Waals surface area contributed by atoms with Gasteiger partial charge in [-0.3, -0.25) is 9.59 Å². The van der Waals surface area contributed by atoms with Crippen LogP contribution in [0, 0.1) is 0 Å². The molecule has 0 bridgehead atoms. The van der Waals surface area contributed by atoms with Crippen LogP contribution in [0.25, 0.3) is 0 Å². The van der Waals surface area contributed by atoms with Crippen molar-refractivity contribution in [2.45, 2.75) is 341 Å². The predicted octanol–water partition coefficient (Wildman–Crippen LogP) is 18.1. The van der Waals surface area contributed by atoms with Gasteiger partial charge in [0.05, 0.1) is 25.4 Å². The molecule has 0 fully saturated rings. The van der Waals surface area contributed by atoms with Gasteiger partial charge >= 0.3 is 5.97 Å². The predicted molar refractivity (Wildman–Crippen MR) is 283 cm³/mol. The fourth-order valence-corrected chi connectivity index (χ4v) is 9.28. The average Bonchev–Trinajstić information content (AvgIpc) is 3.31. The van der Waals surface area contributed by atoms with Gasteiger partial charge in [0.25, 0.3) is 0 Å². The molecule has 0 aliphatic heterocycles. The Morgan fingerprint density at radius 2 is 0.708 bits per heavy atom. The van der Waals surface area contributed by atoms with Crippen molar-refractivity contribution >= 4 is 11.9 Å². The van der Waals surface area contributed by atoms with Crippen LogP contribution in [0.2, 0.25) is 0 Å². The quantitative estimate of drug-likeness (QED) is 0.0321. The number of ether oxygens (including phenoxy) is 1. The number of nitrogens with one attached hydrogen (secondary N) is 1. The maximum atomic E-state index is 12.5. The van der Waals surface area contributed by atoms with E-state index in [-0.39, 0.29) is 18.5 Å². The smallest absolute Gasteiger partial charge is 0.305 e. The van der Waals surface area contributed by atoms with Crippen LogP contribution in [0.5, 0.6) is 0 Å². The molecule has 0 aliphatic rings. The molecule has 2 atom stereocenters. The highest BCUT2D eigenvalue weighted by molar-refractivity contribution is 5.76. The average molecular weight is 919 g/mol. The first-order chi connectivity index (χ1) is 32.0. The van der Waals surface area contributed by atoms with Gasteiger partial charge in [0.15, 0.2) is 0 Å². The summed E-state index contributed by atoms with van der Waals surface area (Å²) in [4.78, 5) is 24.5. The molecule has 0 saturated heterocycles. The number of carbonyl (C=O) groups is 2. The molecule has 0 aromatic heterocycles. The second-order valence-corrected chi connectivity index (χ2v) is 20.3. The number of unbranched alkanes of at least 4 members (excludes halogenated alkanes) is 44. The maximum absolute atomic E-state index is 12.5. The van der Waals surface area contributed by atoms with E-state index in [0.29, 0.717) is 19.4 Å². The highest BCUT2D eigenvalue weighted by Crippen LogP contribution is 2.17. The topological polar surface area (TPSA) is 95.9 Å². The molecule has 0 rings (SSSR count). The van der Waals surface area contributed by atoms with E-state index in [4.69, 9.17) is 4.74 Å². The zero-order chi connectivity index (χ0) is 47.2. The lowest BCUT2D eigenvalue weighted by Gasteiger charge is -2.20. The van der Waals surface area contributed by atoms with Crippen LogP contribution in [0.15, 0.2) is 12.2 Å². The summed E-state index contributed by atoms with van der Waals surface area (Å²) in [6.07, 6.45) is 65.1. The van der Waals surface area contributed by atoms with Crippen molar-refractivity contribution in [2.75, 3.05) is 13.2 Å². The standard InChI is InChI=1S/C59H115NO5/c1-3-5-7-9-11-13-15-17-19-21-22-23-27-31-35-39-43-47-51-57(62)56(55-61)60-58(63)52-48-44-40-36-32-28-25-26-30-34-38-42-46-50-54-65-59(64)53-49-45-41-37-33-29-24-20-18-16-14-12-10-8-6-4-2/h47,51,56-57,61-62H,3-46,48-50,52-55H2,1-2H3,(H,60,63)/b51-47+. The van der Waals surface area contributed by atoms with Crippen molar-refractivity contribution < 1.29 is 24.5 Å². The Labute approximate surface area is 406 Å². The Kier molecular flexibility index (Phi) is 54.0. The van der Waals surface area contributed by atoms with Gasteiger partial charge in [-0.15, -0.1) is 0 Å². The monoisotopic (exact) mass is 918 g/mol. The van der Waals surface area contributed by atoms with Gasteiger partial charge in [-0.05, 0) is 32.1 Å². The van der Waals surface area contributed by atoms with Crippen LogP contribution >= 0.6 is 0 Å². The fourth-order valence-electron chi connectivity index (χ4n) is 9.28. The molecule has 1 amide bonds. The summed E-state index contributed by atoms with van der Waals surface area (Å²) < 4.78 is 5.48. The number of aliphatic hydroxyl groups is 2. The van der Waals surface area contributed by atoms with Crippen molar-refractivity contribution in [3.63, 3.8) is 0 Å². The van der Waals surface area contributed by atoms with Crippen LogP contribution < -0.4 is 5.32 Å². The number of rotatable bonds is 55. The number of allylic oxidation sites excluding steroid dienone is 1. The molecule has 0 heterocycles. The summed E-state index contributed by atoms with van der Waals surface area (Å²) in [6, 6.07) is -0.635. The second-order valence-electron chi connectivity index (χ2n) is 20.3. The minimum Gasteiger partial charge on any atom is -0.466 e. The van der Waals surface area contributed by atoms with E-state index in [1.807, 2.05) is 6.08 Å². The highest BCUT2D eigenvalue weighted by Gasteiger charge is 2.18. The first-order valence-electron chi connectivity index (χ1n) is 29.5. The summed E-state index contributed by atoms with van der Waals surface area (Å²) in [6.45, 7) is 4.91. The largest absolute Gasteiger partial charge is 0.466 e. The third kappa shape index (κ3) is 51.8. The lowest BCUT2D eigenvalue weighted by atomic mass is 10.0. The molecule has 6 nitrogen and oxygen atoms in total. The molecule has 0 radical (unpaired) electrons. The highest BCUT2D eigenvalue weighted by atomic mass is 16.5. The van der Waals surface area contributed by atoms with Crippen LogP contribution in [-0.4, -0.2) is 47.4 Å². The van der Waals surface area contributed by atoms with Crippen molar-refractivity contribution in [1.82, 2.24) is 5.32 Å². The van der Waals surface area contributed by atoms with Gasteiger partial charge in [0, 0.05) is 12.8 Å². The molecule has 0 aromatic carbocycles. The van der Waals surface area contributed by atoms with Gasteiger partial charge in [0.1, 0.15) is 0 Å². The lowest BCUT2D eigenvalue weighted by molar-refractivity contribution is -0.143. The minimum atomic E-state index is -0.851. The molecule has 2 unspecified atom stereocenters. The lowest BCUT2D eigenvalue weighted by Crippen LogP contribution is -2.45. The van der Waals surface area contributed by atoms with Crippen LogP contribution in [0.3, 0.4) is 0 Å². The number of aliphatic hydroxyl groups excluding tert-OH is 2. The SMILES string of the molecule is CCCCCCCCCCCCCCCCCC/C=C/C(O)C(CO)NC(=O)CCCCCCCCCCCCCCCCOC(=O)CCCCCCCCCCCCCCCCCC. The van der Waals surface area contributed by atoms with Crippen LogP contribution in [0.1, 0.15) is 328 Å². The third-order valence-corrected chi connectivity index (χ3v) is 13.8. The van der Waals surface area contributed by atoms with E-state index < -0.39 is 12.1 Å². The Balaban J connectivity index is 3.45. The molecule has 0 aromatic rings. The zero-order valence-corrected chi connectivity index (χ0v) is 44.0. The van der Waals surface area contributed by atoms with Crippen LogP contribution in [0.4, 0.5) is 0 Å². The Morgan fingerprint density at radius 3 is 1.05 bits per heavy atom. The molecule has 3 N–H and O–H groups in total. The number of hydrogen-bond donors (Lipinski definition) is 3. The van der Waals surface area contributed by atoms with E-state index in [0.717, 1.165) is 57.8 Å². The first kappa shape index (κ1) is 63.6. The molecule has 0 spiro atoms. The number of amides is 1. The molecule has 0 saturated carbocycles. The second kappa shape index (κ2) is 55.2. The van der Waals surface area contributed by atoms with Gasteiger partial charge < -0.3 is 20.3 Å². The van der Waals surface area contributed by atoms with Crippen molar-refractivity contribution in [1.29, 1.82) is 0 Å². The Bertz CT molecular complexity index is 970. The molecule has 386 valence electrons. The summed E-state index contributed by atoms with van der Waals surface area (Å²) in [5.74, 6) is -0.0746.